The van der Waals surface area contributed by atoms with Gasteiger partial charge in [-0.05, 0) is 31.4 Å². The molecule has 0 aliphatic heterocycles. The lowest BCUT2D eigenvalue weighted by Gasteiger charge is -2.08. The predicted octanol–water partition coefficient (Wildman–Crippen LogP) is 2.20. The van der Waals surface area contributed by atoms with Crippen LogP contribution in [0.1, 0.15) is 27.3 Å². The fourth-order valence-electron chi connectivity index (χ4n) is 2.26. The minimum atomic E-state index is -0.688. The SMILES string of the molecule is NC(=O)c1cc(Nc2nc3c(s2)CCC3)c(F)cc1N. The zero-order valence-corrected chi connectivity index (χ0v) is 11.4. The van der Waals surface area contributed by atoms with Gasteiger partial charge in [-0.3, -0.25) is 4.79 Å². The number of rotatable bonds is 3. The molecule has 1 heterocycles. The summed E-state index contributed by atoms with van der Waals surface area (Å²) in [7, 11) is 0. The first-order valence-electron chi connectivity index (χ1n) is 6.19. The predicted molar refractivity (Wildman–Crippen MR) is 76.8 cm³/mol. The maximum absolute atomic E-state index is 13.9. The van der Waals surface area contributed by atoms with Gasteiger partial charge in [0.25, 0.3) is 5.91 Å². The molecule has 0 radical (unpaired) electrons. The van der Waals surface area contributed by atoms with E-state index in [1.807, 2.05) is 0 Å². The van der Waals surface area contributed by atoms with Crippen LogP contribution in [0.2, 0.25) is 0 Å². The van der Waals surface area contributed by atoms with Crippen LogP contribution in [0.5, 0.6) is 0 Å². The van der Waals surface area contributed by atoms with Crippen LogP contribution in [-0.2, 0) is 12.8 Å². The summed E-state index contributed by atoms with van der Waals surface area (Å²) in [5.41, 5.74) is 12.1. The number of benzene rings is 1. The number of nitrogens with two attached hydrogens (primary N) is 2. The molecule has 1 aliphatic carbocycles. The highest BCUT2D eigenvalue weighted by atomic mass is 32.1. The molecule has 104 valence electrons. The Hall–Kier alpha value is -2.15. The third-order valence-electron chi connectivity index (χ3n) is 3.24. The monoisotopic (exact) mass is 292 g/mol. The molecule has 0 fully saturated rings. The Labute approximate surface area is 118 Å². The molecule has 0 bridgehead atoms. The Morgan fingerprint density at radius 1 is 1.40 bits per heavy atom. The highest BCUT2D eigenvalue weighted by Gasteiger charge is 2.18. The number of primary amides is 1. The molecular formula is C13H13FN4OS. The van der Waals surface area contributed by atoms with Crippen LogP contribution < -0.4 is 16.8 Å². The van der Waals surface area contributed by atoms with E-state index in [4.69, 9.17) is 11.5 Å². The lowest BCUT2D eigenvalue weighted by atomic mass is 10.1. The van der Waals surface area contributed by atoms with Crippen molar-refractivity contribution in [2.75, 3.05) is 11.1 Å². The van der Waals surface area contributed by atoms with E-state index in [1.54, 1.807) is 0 Å². The Balaban J connectivity index is 1.93. The molecule has 0 saturated carbocycles. The third-order valence-corrected chi connectivity index (χ3v) is 4.31. The Morgan fingerprint density at radius 3 is 2.90 bits per heavy atom. The van der Waals surface area contributed by atoms with E-state index in [0.717, 1.165) is 31.0 Å². The van der Waals surface area contributed by atoms with Gasteiger partial charge in [0.05, 0.1) is 16.9 Å². The number of amides is 1. The van der Waals surface area contributed by atoms with Gasteiger partial charge in [-0.25, -0.2) is 9.37 Å². The fourth-order valence-corrected chi connectivity index (χ4v) is 3.32. The maximum Gasteiger partial charge on any atom is 0.250 e. The highest BCUT2D eigenvalue weighted by Crippen LogP contribution is 2.33. The molecule has 0 saturated heterocycles. The van der Waals surface area contributed by atoms with Crippen molar-refractivity contribution in [3.63, 3.8) is 0 Å². The van der Waals surface area contributed by atoms with E-state index in [9.17, 15) is 9.18 Å². The zero-order chi connectivity index (χ0) is 14.3. The lowest BCUT2D eigenvalue weighted by molar-refractivity contribution is 0.100. The molecule has 1 aromatic carbocycles. The molecule has 20 heavy (non-hydrogen) atoms. The van der Waals surface area contributed by atoms with E-state index in [1.165, 1.54) is 22.3 Å². The number of aryl methyl sites for hydroxylation is 2. The summed E-state index contributed by atoms with van der Waals surface area (Å²) in [6.07, 6.45) is 3.10. The summed E-state index contributed by atoms with van der Waals surface area (Å²) in [5, 5.41) is 3.51. The van der Waals surface area contributed by atoms with Crippen molar-refractivity contribution >= 4 is 33.8 Å². The van der Waals surface area contributed by atoms with Crippen molar-refractivity contribution in [3.05, 3.63) is 34.1 Å². The minimum absolute atomic E-state index is 0.0298. The van der Waals surface area contributed by atoms with Crippen LogP contribution in [0, 0.1) is 5.82 Å². The summed E-state index contributed by atoms with van der Waals surface area (Å²) in [6.45, 7) is 0. The van der Waals surface area contributed by atoms with Crippen molar-refractivity contribution in [2.45, 2.75) is 19.3 Å². The molecule has 2 aromatic rings. The molecule has 5 nitrogen and oxygen atoms in total. The van der Waals surface area contributed by atoms with Crippen molar-refractivity contribution in [1.82, 2.24) is 4.98 Å². The zero-order valence-electron chi connectivity index (χ0n) is 10.6. The smallest absolute Gasteiger partial charge is 0.250 e. The molecule has 1 aromatic heterocycles. The van der Waals surface area contributed by atoms with Gasteiger partial charge in [-0.15, -0.1) is 11.3 Å². The molecule has 1 aliphatic rings. The number of nitrogen functional groups attached to an aromatic ring is 1. The Bertz CT molecular complexity index is 676. The number of aromatic nitrogens is 1. The van der Waals surface area contributed by atoms with Crippen LogP contribution >= 0.6 is 11.3 Å². The minimum Gasteiger partial charge on any atom is -0.398 e. The number of thiazole rings is 1. The van der Waals surface area contributed by atoms with Gasteiger partial charge in [-0.2, -0.15) is 0 Å². The highest BCUT2D eigenvalue weighted by molar-refractivity contribution is 7.15. The number of carbonyl (C=O) groups excluding carboxylic acids is 1. The summed E-state index contributed by atoms with van der Waals surface area (Å²) >= 11 is 1.51. The number of carbonyl (C=O) groups is 1. The van der Waals surface area contributed by atoms with Crippen LogP contribution in [0.25, 0.3) is 0 Å². The van der Waals surface area contributed by atoms with Gasteiger partial charge in [0.15, 0.2) is 5.13 Å². The van der Waals surface area contributed by atoms with Crippen LogP contribution in [0.15, 0.2) is 12.1 Å². The lowest BCUT2D eigenvalue weighted by Crippen LogP contribution is -2.14. The first kappa shape index (κ1) is 12.9. The van der Waals surface area contributed by atoms with Crippen LogP contribution in [-0.4, -0.2) is 10.9 Å². The summed E-state index contributed by atoms with van der Waals surface area (Å²) in [5.74, 6) is -1.23. The average Bonchev–Trinajstić information content (AvgIpc) is 2.92. The number of hydrogen-bond acceptors (Lipinski definition) is 5. The maximum atomic E-state index is 13.9. The standard InChI is InChI=1S/C13H13FN4OS/c14-7-5-8(15)6(12(16)19)4-10(7)18-13-17-9-2-1-3-11(9)20-13/h4-5H,1-3,15H2,(H2,16,19)(H,17,18). The summed E-state index contributed by atoms with van der Waals surface area (Å²) in [4.78, 5) is 16.9. The van der Waals surface area contributed by atoms with Gasteiger partial charge < -0.3 is 16.8 Å². The molecule has 0 atom stereocenters. The molecule has 7 heteroatoms. The molecule has 0 spiro atoms. The molecule has 0 unspecified atom stereocenters. The second kappa shape index (κ2) is 4.75. The van der Waals surface area contributed by atoms with Gasteiger partial charge in [0, 0.05) is 10.6 Å². The first-order chi connectivity index (χ1) is 9.54. The Kier molecular flexibility index (Phi) is 3.06. The third kappa shape index (κ3) is 2.20. The van der Waals surface area contributed by atoms with Crippen molar-refractivity contribution in [3.8, 4) is 0 Å². The second-order valence-electron chi connectivity index (χ2n) is 4.65. The molecular weight excluding hydrogens is 279 g/mol. The molecule has 1 amide bonds. The summed E-state index contributed by atoms with van der Waals surface area (Å²) < 4.78 is 13.9. The van der Waals surface area contributed by atoms with E-state index in [-0.39, 0.29) is 16.9 Å². The van der Waals surface area contributed by atoms with Crippen molar-refractivity contribution < 1.29 is 9.18 Å². The normalized spacial score (nSPS) is 13.2. The Morgan fingerprint density at radius 2 is 2.20 bits per heavy atom. The number of anilines is 3. The summed E-state index contributed by atoms with van der Waals surface area (Å²) in [6, 6.07) is 2.41. The van der Waals surface area contributed by atoms with Gasteiger partial charge in [0.1, 0.15) is 5.82 Å². The topological polar surface area (TPSA) is 94.0 Å². The van der Waals surface area contributed by atoms with Crippen LogP contribution in [0.4, 0.5) is 20.9 Å². The van der Waals surface area contributed by atoms with Gasteiger partial charge >= 0.3 is 0 Å². The largest absolute Gasteiger partial charge is 0.398 e. The number of nitrogens with zero attached hydrogens (tertiary/aromatic N) is 1. The number of halogens is 1. The van der Waals surface area contributed by atoms with E-state index >= 15 is 0 Å². The average molecular weight is 292 g/mol. The molecule has 3 rings (SSSR count). The van der Waals surface area contributed by atoms with Crippen molar-refractivity contribution in [2.24, 2.45) is 5.73 Å². The van der Waals surface area contributed by atoms with E-state index < -0.39 is 11.7 Å². The number of hydrogen-bond donors (Lipinski definition) is 3. The van der Waals surface area contributed by atoms with E-state index in [0.29, 0.717) is 5.13 Å². The first-order valence-corrected chi connectivity index (χ1v) is 7.00. The number of nitrogens with one attached hydrogen (secondary N) is 1. The van der Waals surface area contributed by atoms with Crippen molar-refractivity contribution in [1.29, 1.82) is 0 Å². The van der Waals surface area contributed by atoms with Crippen LogP contribution in [0.3, 0.4) is 0 Å². The fraction of sp³-hybridized carbons (Fsp3) is 0.231. The van der Waals surface area contributed by atoms with E-state index in [2.05, 4.69) is 10.3 Å². The number of fused-ring (bicyclic) bond motifs is 1. The molecule has 5 N–H and O–H groups in total. The second-order valence-corrected chi connectivity index (χ2v) is 5.73. The van der Waals surface area contributed by atoms with Gasteiger partial charge in [-0.1, -0.05) is 0 Å². The quantitative estimate of drug-likeness (QED) is 0.756. The van der Waals surface area contributed by atoms with Gasteiger partial charge in [0.2, 0.25) is 0 Å².